The van der Waals surface area contributed by atoms with Gasteiger partial charge in [-0.3, -0.25) is 0 Å². The van der Waals surface area contributed by atoms with Crippen LogP contribution in [-0.2, 0) is 0 Å². The van der Waals surface area contributed by atoms with E-state index in [1.807, 2.05) is 13.8 Å². The number of rotatable bonds is 11. The van der Waals surface area contributed by atoms with Gasteiger partial charge in [0.05, 0.1) is 17.8 Å². The van der Waals surface area contributed by atoms with Crippen LogP contribution in [-0.4, -0.2) is 44.8 Å². The molecule has 0 aromatic carbocycles. The first-order valence-corrected chi connectivity index (χ1v) is 14.8. The molecule has 0 amide bonds. The van der Waals surface area contributed by atoms with E-state index >= 15 is 0 Å². The predicted octanol–water partition coefficient (Wildman–Crippen LogP) is 6.48. The molecule has 0 unspecified atom stereocenters. The average Bonchev–Trinajstić information content (AvgIpc) is 3.16. The van der Waals surface area contributed by atoms with Crippen LogP contribution in [0.25, 0.3) is 0 Å². The Kier molecular flexibility index (Phi) is 10.5. The van der Waals surface area contributed by atoms with Crippen LogP contribution in [0.5, 0.6) is 0 Å². The standard InChI is InChI=1S/C32H54O4/c1-22(17-19-33)28-15-16-29-24(11-12-25-20-27(34)21-30(35)23(25)2)13-14-26(32(28,29)5)10-8-6-7-9-18-31(3,4)36/h11-12,22,26-30,33-36H,2,6-10,13-21H2,1,3-5H3/b24-11+,25-12-/t22-,26-,27-,28-,29+,30+,32-/m1/s1. The molecule has 4 N–H and O–H groups in total. The van der Waals surface area contributed by atoms with Crippen LogP contribution in [0.4, 0.5) is 0 Å². The predicted molar refractivity (Wildman–Crippen MR) is 148 cm³/mol. The number of fused-ring (bicyclic) bond motifs is 1. The molecule has 0 radical (unpaired) electrons. The van der Waals surface area contributed by atoms with Gasteiger partial charge in [-0.1, -0.05) is 63.8 Å². The van der Waals surface area contributed by atoms with Crippen molar-refractivity contribution in [2.24, 2.45) is 29.1 Å². The highest BCUT2D eigenvalue weighted by Crippen LogP contribution is 2.63. The lowest BCUT2D eigenvalue weighted by Crippen LogP contribution is -2.43. The second-order valence-corrected chi connectivity index (χ2v) is 13.2. The molecule has 0 aromatic rings. The fraction of sp³-hybridized carbons (Fsp3) is 0.812. The number of hydrogen-bond donors (Lipinski definition) is 4. The van der Waals surface area contributed by atoms with Crippen molar-refractivity contribution in [2.45, 2.75) is 129 Å². The topological polar surface area (TPSA) is 80.9 Å². The Morgan fingerprint density at radius 2 is 1.81 bits per heavy atom. The van der Waals surface area contributed by atoms with E-state index in [2.05, 4.69) is 32.6 Å². The minimum atomic E-state index is -0.641. The second-order valence-electron chi connectivity index (χ2n) is 13.2. The van der Waals surface area contributed by atoms with Crippen LogP contribution in [0, 0.1) is 29.1 Å². The van der Waals surface area contributed by atoms with Crippen molar-refractivity contribution >= 4 is 0 Å². The minimum Gasteiger partial charge on any atom is -0.396 e. The van der Waals surface area contributed by atoms with Gasteiger partial charge in [0, 0.05) is 13.0 Å². The summed E-state index contributed by atoms with van der Waals surface area (Å²) in [4.78, 5) is 0. The molecule has 0 aliphatic heterocycles. The Hall–Kier alpha value is -0.940. The van der Waals surface area contributed by atoms with Crippen molar-refractivity contribution in [3.05, 3.63) is 35.5 Å². The summed E-state index contributed by atoms with van der Waals surface area (Å²) in [6, 6.07) is 0. The van der Waals surface area contributed by atoms with Gasteiger partial charge in [-0.15, -0.1) is 0 Å². The SMILES string of the molecule is C=C1/C(=C\C=C2/CC[C@@H](CCCCCCC(C)(C)O)[C@]3(C)[C@@H]([C@H](C)CCO)CC[C@@H]23)C[C@@H](O)C[C@@H]1O. The fourth-order valence-corrected chi connectivity index (χ4v) is 7.95. The zero-order valence-corrected chi connectivity index (χ0v) is 23.5. The van der Waals surface area contributed by atoms with Crippen molar-refractivity contribution in [1.82, 2.24) is 0 Å². The Morgan fingerprint density at radius 3 is 2.50 bits per heavy atom. The van der Waals surface area contributed by atoms with Crippen LogP contribution in [0.2, 0.25) is 0 Å². The van der Waals surface area contributed by atoms with Gasteiger partial charge in [0.25, 0.3) is 0 Å². The molecule has 3 aliphatic carbocycles. The van der Waals surface area contributed by atoms with E-state index in [-0.39, 0.29) is 12.0 Å². The summed E-state index contributed by atoms with van der Waals surface area (Å²) < 4.78 is 0. The molecule has 206 valence electrons. The van der Waals surface area contributed by atoms with Crippen LogP contribution >= 0.6 is 0 Å². The maximum atomic E-state index is 10.2. The molecule has 0 bridgehead atoms. The van der Waals surface area contributed by atoms with E-state index in [1.165, 1.54) is 50.5 Å². The number of allylic oxidation sites excluding steroid dienone is 3. The smallest absolute Gasteiger partial charge is 0.0811 e. The third-order valence-electron chi connectivity index (χ3n) is 10.1. The first-order valence-electron chi connectivity index (χ1n) is 14.8. The summed E-state index contributed by atoms with van der Waals surface area (Å²) in [5, 5.41) is 40.1. The highest BCUT2D eigenvalue weighted by Gasteiger charge is 2.54. The van der Waals surface area contributed by atoms with E-state index in [0.29, 0.717) is 36.5 Å². The minimum absolute atomic E-state index is 0.257. The molecule has 0 spiro atoms. The van der Waals surface area contributed by atoms with Crippen molar-refractivity contribution in [1.29, 1.82) is 0 Å². The van der Waals surface area contributed by atoms with Gasteiger partial charge in [0.2, 0.25) is 0 Å². The van der Waals surface area contributed by atoms with Gasteiger partial charge >= 0.3 is 0 Å². The van der Waals surface area contributed by atoms with Crippen molar-refractivity contribution < 1.29 is 20.4 Å². The zero-order valence-electron chi connectivity index (χ0n) is 23.5. The van der Waals surface area contributed by atoms with Crippen LogP contribution < -0.4 is 0 Å². The molecular formula is C32H54O4. The molecule has 3 fully saturated rings. The van der Waals surface area contributed by atoms with E-state index in [1.54, 1.807) is 0 Å². The molecule has 0 heterocycles. The van der Waals surface area contributed by atoms with Crippen molar-refractivity contribution in [3.8, 4) is 0 Å². The summed E-state index contributed by atoms with van der Waals surface area (Å²) in [6.07, 6.45) is 16.9. The monoisotopic (exact) mass is 502 g/mol. The van der Waals surface area contributed by atoms with E-state index in [0.717, 1.165) is 36.8 Å². The number of aliphatic hydroxyl groups excluding tert-OH is 3. The highest BCUT2D eigenvalue weighted by molar-refractivity contribution is 5.38. The quantitative estimate of drug-likeness (QED) is 0.244. The Balaban J connectivity index is 1.73. The third-order valence-corrected chi connectivity index (χ3v) is 10.1. The molecule has 4 heteroatoms. The normalized spacial score (nSPS) is 36.4. The summed E-state index contributed by atoms with van der Waals surface area (Å²) in [7, 11) is 0. The lowest BCUT2D eigenvalue weighted by atomic mass is 9.54. The average molecular weight is 503 g/mol. The molecule has 3 aliphatic rings. The van der Waals surface area contributed by atoms with Crippen LogP contribution in [0.1, 0.15) is 111 Å². The molecule has 0 aromatic heterocycles. The van der Waals surface area contributed by atoms with Crippen molar-refractivity contribution in [2.75, 3.05) is 6.61 Å². The van der Waals surface area contributed by atoms with Gasteiger partial charge in [0.1, 0.15) is 0 Å². The zero-order chi connectivity index (χ0) is 26.5. The maximum absolute atomic E-state index is 10.2. The first kappa shape index (κ1) is 29.6. The van der Waals surface area contributed by atoms with Gasteiger partial charge < -0.3 is 20.4 Å². The van der Waals surface area contributed by atoms with E-state index in [4.69, 9.17) is 0 Å². The molecule has 0 saturated heterocycles. The fourth-order valence-electron chi connectivity index (χ4n) is 7.95. The molecular weight excluding hydrogens is 448 g/mol. The lowest BCUT2D eigenvalue weighted by Gasteiger charge is -2.50. The first-order chi connectivity index (χ1) is 17.0. The summed E-state index contributed by atoms with van der Waals surface area (Å²) in [6.45, 7) is 13.1. The van der Waals surface area contributed by atoms with Gasteiger partial charge in [-0.25, -0.2) is 0 Å². The van der Waals surface area contributed by atoms with Gasteiger partial charge in [-0.05, 0) is 105 Å². The molecule has 7 atom stereocenters. The summed E-state index contributed by atoms with van der Waals surface area (Å²) in [5.74, 6) is 2.45. The van der Waals surface area contributed by atoms with E-state index < -0.39 is 17.8 Å². The summed E-state index contributed by atoms with van der Waals surface area (Å²) >= 11 is 0. The molecule has 4 nitrogen and oxygen atoms in total. The summed E-state index contributed by atoms with van der Waals surface area (Å²) in [5.41, 5.74) is 2.99. The maximum Gasteiger partial charge on any atom is 0.0811 e. The van der Waals surface area contributed by atoms with Crippen molar-refractivity contribution in [3.63, 3.8) is 0 Å². The van der Waals surface area contributed by atoms with Gasteiger partial charge in [0.15, 0.2) is 0 Å². The molecule has 36 heavy (non-hydrogen) atoms. The highest BCUT2D eigenvalue weighted by atomic mass is 16.3. The Labute approximate surface area is 220 Å². The lowest BCUT2D eigenvalue weighted by molar-refractivity contribution is 0.0174. The Morgan fingerprint density at radius 1 is 1.08 bits per heavy atom. The second kappa shape index (κ2) is 12.7. The largest absolute Gasteiger partial charge is 0.396 e. The van der Waals surface area contributed by atoms with E-state index in [9.17, 15) is 20.4 Å². The number of aliphatic hydroxyl groups is 4. The number of unbranched alkanes of at least 4 members (excludes halogenated alkanes) is 3. The van der Waals surface area contributed by atoms with Gasteiger partial charge in [-0.2, -0.15) is 0 Å². The molecule has 3 rings (SSSR count). The van der Waals surface area contributed by atoms with Crippen LogP contribution in [0.15, 0.2) is 35.5 Å². The number of hydrogen-bond acceptors (Lipinski definition) is 4. The third kappa shape index (κ3) is 7.12. The van der Waals surface area contributed by atoms with Crippen LogP contribution in [0.3, 0.4) is 0 Å². The molecule has 3 saturated carbocycles. The Bertz CT molecular complexity index is 790.